The van der Waals surface area contributed by atoms with Gasteiger partial charge in [0.1, 0.15) is 5.75 Å². The van der Waals surface area contributed by atoms with Crippen LogP contribution in [0.3, 0.4) is 0 Å². The van der Waals surface area contributed by atoms with Gasteiger partial charge in [-0.3, -0.25) is 4.79 Å². The summed E-state index contributed by atoms with van der Waals surface area (Å²) in [5.41, 5.74) is 0. The summed E-state index contributed by atoms with van der Waals surface area (Å²) in [5, 5.41) is 3.68. The zero-order chi connectivity index (χ0) is 13.7. The van der Waals surface area contributed by atoms with E-state index >= 15 is 0 Å². The fourth-order valence-corrected chi connectivity index (χ4v) is 2.28. The van der Waals surface area contributed by atoms with Crippen molar-refractivity contribution in [3.8, 4) is 5.75 Å². The Labute approximate surface area is 122 Å². The SMILES string of the molecule is O=C(COc1ccc(Cl)cc1Cl)NCC1CCCO1. The van der Waals surface area contributed by atoms with Crippen LogP contribution in [-0.2, 0) is 9.53 Å². The molecule has 1 fully saturated rings. The number of carbonyl (C=O) groups excluding carboxylic acids is 1. The molecule has 104 valence electrons. The Morgan fingerprint density at radius 1 is 1.47 bits per heavy atom. The molecule has 6 heteroatoms. The number of nitrogens with one attached hydrogen (secondary N) is 1. The summed E-state index contributed by atoms with van der Waals surface area (Å²) in [6, 6.07) is 4.87. The van der Waals surface area contributed by atoms with E-state index in [0.29, 0.717) is 22.3 Å². The number of amides is 1. The average molecular weight is 304 g/mol. The molecule has 0 bridgehead atoms. The number of carbonyl (C=O) groups is 1. The fourth-order valence-electron chi connectivity index (χ4n) is 1.82. The van der Waals surface area contributed by atoms with Gasteiger partial charge in [-0.2, -0.15) is 0 Å². The maximum atomic E-state index is 11.6. The van der Waals surface area contributed by atoms with Crippen molar-refractivity contribution in [3.05, 3.63) is 28.2 Å². The average Bonchev–Trinajstić information content (AvgIpc) is 2.88. The Morgan fingerprint density at radius 3 is 3.00 bits per heavy atom. The highest BCUT2D eigenvalue weighted by Gasteiger charge is 2.16. The molecule has 4 nitrogen and oxygen atoms in total. The smallest absolute Gasteiger partial charge is 0.258 e. The van der Waals surface area contributed by atoms with E-state index in [2.05, 4.69) is 5.32 Å². The Balaban J connectivity index is 1.73. The maximum absolute atomic E-state index is 11.6. The molecule has 0 aliphatic carbocycles. The third-order valence-corrected chi connectivity index (χ3v) is 3.33. The molecule has 1 heterocycles. The summed E-state index contributed by atoms with van der Waals surface area (Å²) >= 11 is 11.7. The first-order valence-corrected chi connectivity index (χ1v) is 6.87. The van der Waals surface area contributed by atoms with Crippen LogP contribution >= 0.6 is 23.2 Å². The van der Waals surface area contributed by atoms with Crippen LogP contribution < -0.4 is 10.1 Å². The molecule has 1 aliphatic heterocycles. The van der Waals surface area contributed by atoms with Crippen LogP contribution in [0.4, 0.5) is 0 Å². The summed E-state index contributed by atoms with van der Waals surface area (Å²) in [4.78, 5) is 11.6. The highest BCUT2D eigenvalue weighted by molar-refractivity contribution is 6.35. The molecule has 1 unspecified atom stereocenters. The lowest BCUT2D eigenvalue weighted by Gasteiger charge is -2.12. The number of hydrogen-bond acceptors (Lipinski definition) is 3. The van der Waals surface area contributed by atoms with Gasteiger partial charge in [0.25, 0.3) is 5.91 Å². The van der Waals surface area contributed by atoms with Gasteiger partial charge in [0.15, 0.2) is 6.61 Å². The van der Waals surface area contributed by atoms with Crippen LogP contribution in [0.2, 0.25) is 10.0 Å². The van der Waals surface area contributed by atoms with Gasteiger partial charge in [0.2, 0.25) is 0 Å². The number of hydrogen-bond donors (Lipinski definition) is 1. The van der Waals surface area contributed by atoms with Crippen LogP contribution in [0.25, 0.3) is 0 Å². The normalized spacial score (nSPS) is 18.3. The summed E-state index contributed by atoms with van der Waals surface area (Å²) in [6.07, 6.45) is 2.17. The van der Waals surface area contributed by atoms with Crippen molar-refractivity contribution < 1.29 is 14.3 Å². The Bertz CT molecular complexity index is 448. The summed E-state index contributed by atoms with van der Waals surface area (Å²) in [5.74, 6) is 0.250. The van der Waals surface area contributed by atoms with Crippen molar-refractivity contribution in [1.29, 1.82) is 0 Å². The number of rotatable bonds is 5. The highest BCUT2D eigenvalue weighted by atomic mass is 35.5. The van der Waals surface area contributed by atoms with E-state index in [1.165, 1.54) is 0 Å². The second-order valence-corrected chi connectivity index (χ2v) is 5.15. The summed E-state index contributed by atoms with van der Waals surface area (Å²) < 4.78 is 10.7. The molecule has 2 rings (SSSR count). The lowest BCUT2D eigenvalue weighted by Crippen LogP contribution is -2.35. The van der Waals surface area contributed by atoms with E-state index in [1.54, 1.807) is 18.2 Å². The molecule has 1 aliphatic rings. The van der Waals surface area contributed by atoms with Crippen molar-refractivity contribution in [3.63, 3.8) is 0 Å². The number of benzene rings is 1. The van der Waals surface area contributed by atoms with Gasteiger partial charge >= 0.3 is 0 Å². The Morgan fingerprint density at radius 2 is 2.32 bits per heavy atom. The van der Waals surface area contributed by atoms with Crippen LogP contribution in [0, 0.1) is 0 Å². The second kappa shape index (κ2) is 6.98. The molecule has 19 heavy (non-hydrogen) atoms. The molecule has 1 amide bonds. The predicted molar refractivity (Wildman–Crippen MR) is 73.9 cm³/mol. The minimum Gasteiger partial charge on any atom is -0.482 e. The van der Waals surface area contributed by atoms with Crippen LogP contribution in [-0.4, -0.2) is 31.8 Å². The molecule has 1 N–H and O–H groups in total. The monoisotopic (exact) mass is 303 g/mol. The molecule has 1 aromatic rings. The van der Waals surface area contributed by atoms with Gasteiger partial charge in [-0.05, 0) is 31.0 Å². The zero-order valence-electron chi connectivity index (χ0n) is 10.3. The summed E-state index contributed by atoms with van der Waals surface area (Å²) in [7, 11) is 0. The molecule has 1 saturated heterocycles. The third-order valence-electron chi connectivity index (χ3n) is 2.80. The Kier molecular flexibility index (Phi) is 5.31. The van der Waals surface area contributed by atoms with Crippen molar-refractivity contribution in [2.75, 3.05) is 19.8 Å². The number of halogens is 2. The molecule has 1 aromatic carbocycles. The van der Waals surface area contributed by atoms with Gasteiger partial charge < -0.3 is 14.8 Å². The third kappa shape index (κ3) is 4.56. The maximum Gasteiger partial charge on any atom is 0.258 e. The first-order chi connectivity index (χ1) is 9.15. The number of ether oxygens (including phenoxy) is 2. The summed E-state index contributed by atoms with van der Waals surface area (Å²) in [6.45, 7) is 1.22. The van der Waals surface area contributed by atoms with Crippen molar-refractivity contribution >= 4 is 29.1 Å². The highest BCUT2D eigenvalue weighted by Crippen LogP contribution is 2.27. The van der Waals surface area contributed by atoms with Crippen molar-refractivity contribution in [2.45, 2.75) is 18.9 Å². The van der Waals surface area contributed by atoms with Gasteiger partial charge in [-0.1, -0.05) is 23.2 Å². The first-order valence-electron chi connectivity index (χ1n) is 6.11. The van der Waals surface area contributed by atoms with Gasteiger partial charge in [-0.15, -0.1) is 0 Å². The van der Waals surface area contributed by atoms with E-state index in [-0.39, 0.29) is 18.6 Å². The standard InChI is InChI=1S/C13H15Cl2NO3/c14-9-3-4-12(11(15)6-9)19-8-13(17)16-7-10-2-1-5-18-10/h3-4,6,10H,1-2,5,7-8H2,(H,16,17). The van der Waals surface area contributed by atoms with E-state index < -0.39 is 0 Å². The Hall–Kier alpha value is -0.970. The minimum absolute atomic E-state index is 0.0753. The molecule has 0 spiro atoms. The largest absolute Gasteiger partial charge is 0.482 e. The molecular formula is C13H15Cl2NO3. The van der Waals surface area contributed by atoms with Crippen LogP contribution in [0.15, 0.2) is 18.2 Å². The molecule has 0 aromatic heterocycles. The van der Waals surface area contributed by atoms with Crippen LogP contribution in [0.5, 0.6) is 5.75 Å². The first kappa shape index (κ1) is 14.4. The van der Waals surface area contributed by atoms with E-state index in [9.17, 15) is 4.79 Å². The fraction of sp³-hybridized carbons (Fsp3) is 0.462. The zero-order valence-corrected chi connectivity index (χ0v) is 11.8. The lowest BCUT2D eigenvalue weighted by molar-refractivity contribution is -0.123. The van der Waals surface area contributed by atoms with Gasteiger partial charge in [0.05, 0.1) is 11.1 Å². The quantitative estimate of drug-likeness (QED) is 0.910. The van der Waals surface area contributed by atoms with E-state index in [4.69, 9.17) is 32.7 Å². The molecule has 0 saturated carbocycles. The van der Waals surface area contributed by atoms with Gasteiger partial charge in [-0.25, -0.2) is 0 Å². The lowest BCUT2D eigenvalue weighted by atomic mass is 10.2. The second-order valence-electron chi connectivity index (χ2n) is 4.30. The van der Waals surface area contributed by atoms with Gasteiger partial charge in [0, 0.05) is 18.2 Å². The van der Waals surface area contributed by atoms with Crippen molar-refractivity contribution in [1.82, 2.24) is 5.32 Å². The topological polar surface area (TPSA) is 47.6 Å². The van der Waals surface area contributed by atoms with Crippen LogP contribution in [0.1, 0.15) is 12.8 Å². The molecule has 1 atom stereocenters. The predicted octanol–water partition coefficient (Wildman–Crippen LogP) is 2.67. The molecule has 0 radical (unpaired) electrons. The van der Waals surface area contributed by atoms with E-state index in [1.807, 2.05) is 0 Å². The minimum atomic E-state index is -0.193. The van der Waals surface area contributed by atoms with Crippen molar-refractivity contribution in [2.24, 2.45) is 0 Å². The van der Waals surface area contributed by atoms with E-state index in [0.717, 1.165) is 19.4 Å². The molecular weight excluding hydrogens is 289 g/mol.